The van der Waals surface area contributed by atoms with Gasteiger partial charge in [0.1, 0.15) is 17.0 Å². The molecule has 0 atom stereocenters. The van der Waals surface area contributed by atoms with Gasteiger partial charge in [-0.1, -0.05) is 6.07 Å². The number of benzene rings is 2. The Morgan fingerprint density at radius 2 is 1.85 bits per heavy atom. The number of ether oxygens (including phenoxy) is 2. The summed E-state index contributed by atoms with van der Waals surface area (Å²) in [7, 11) is 3.01. The number of aromatic nitrogens is 3. The fourth-order valence-electron chi connectivity index (χ4n) is 3.25. The first kappa shape index (κ1) is 16.8. The van der Waals surface area contributed by atoms with E-state index in [1.807, 2.05) is 25.1 Å². The van der Waals surface area contributed by atoms with Crippen molar-refractivity contribution in [2.24, 2.45) is 0 Å². The van der Waals surface area contributed by atoms with Crippen molar-refractivity contribution in [3.8, 4) is 17.2 Å². The number of nitrogens with one attached hydrogen (secondary N) is 2. The summed E-state index contributed by atoms with van der Waals surface area (Å²) in [6.07, 6.45) is 0. The smallest absolute Gasteiger partial charge is 0.261 e. The Bertz CT molecular complexity index is 1310. The Hall–Kier alpha value is -3.68. The molecule has 27 heavy (non-hydrogen) atoms. The van der Waals surface area contributed by atoms with E-state index in [2.05, 4.69) is 10.1 Å². The molecular weight excluding hydrogens is 348 g/mol. The molecule has 0 aliphatic carbocycles. The zero-order valence-corrected chi connectivity index (χ0v) is 15.0. The van der Waals surface area contributed by atoms with E-state index in [4.69, 9.17) is 15.2 Å². The molecule has 4 N–H and O–H groups in total. The van der Waals surface area contributed by atoms with Crippen LogP contribution in [0.25, 0.3) is 27.5 Å². The molecule has 8 nitrogen and oxygen atoms in total. The second-order valence-corrected chi connectivity index (χ2v) is 6.24. The van der Waals surface area contributed by atoms with E-state index >= 15 is 0 Å². The van der Waals surface area contributed by atoms with Crippen LogP contribution in [0.15, 0.2) is 39.9 Å². The van der Waals surface area contributed by atoms with E-state index in [1.54, 1.807) is 17.9 Å². The zero-order valence-electron chi connectivity index (χ0n) is 15.0. The first-order chi connectivity index (χ1) is 12.9. The number of methoxy groups -OCH3 is 2. The van der Waals surface area contributed by atoms with Crippen molar-refractivity contribution in [1.82, 2.24) is 14.8 Å². The molecule has 0 amide bonds. The summed E-state index contributed by atoms with van der Waals surface area (Å²) < 4.78 is 12.1. The highest BCUT2D eigenvalue weighted by Crippen LogP contribution is 2.29. The fraction of sp³-hybridized carbons (Fsp3) is 0.158. The number of H-pyrrole nitrogens is 2. The lowest BCUT2D eigenvalue weighted by Gasteiger charge is -2.10. The van der Waals surface area contributed by atoms with E-state index in [0.717, 1.165) is 11.3 Å². The van der Waals surface area contributed by atoms with Crippen molar-refractivity contribution in [2.75, 3.05) is 20.0 Å². The number of hydrogen-bond donors (Lipinski definition) is 3. The molecular formula is C19H18N4O4. The van der Waals surface area contributed by atoms with E-state index in [-0.39, 0.29) is 22.6 Å². The summed E-state index contributed by atoms with van der Waals surface area (Å²) >= 11 is 0. The predicted molar refractivity (Wildman–Crippen MR) is 104 cm³/mol. The number of hydrogen-bond acceptors (Lipinski definition) is 5. The van der Waals surface area contributed by atoms with Crippen LogP contribution in [0.4, 0.5) is 5.82 Å². The third-order valence-electron chi connectivity index (χ3n) is 4.68. The van der Waals surface area contributed by atoms with E-state index < -0.39 is 0 Å². The van der Waals surface area contributed by atoms with Crippen molar-refractivity contribution < 1.29 is 9.47 Å². The summed E-state index contributed by atoms with van der Waals surface area (Å²) in [5.41, 5.74) is 8.24. The van der Waals surface area contributed by atoms with Crippen LogP contribution in [0.5, 0.6) is 11.5 Å². The molecule has 4 rings (SSSR count). The van der Waals surface area contributed by atoms with Gasteiger partial charge in [-0.3, -0.25) is 14.7 Å². The molecule has 0 spiro atoms. The van der Waals surface area contributed by atoms with Crippen LogP contribution >= 0.6 is 0 Å². The average Bonchev–Trinajstić information content (AvgIpc) is 3.00. The molecule has 0 radical (unpaired) electrons. The summed E-state index contributed by atoms with van der Waals surface area (Å²) in [6.45, 7) is 1.93. The van der Waals surface area contributed by atoms with E-state index in [9.17, 15) is 9.59 Å². The highest BCUT2D eigenvalue weighted by atomic mass is 16.5. The second kappa shape index (κ2) is 5.94. The minimum Gasteiger partial charge on any atom is -0.497 e. The molecule has 138 valence electrons. The van der Waals surface area contributed by atoms with Gasteiger partial charge >= 0.3 is 0 Å². The molecule has 0 bridgehead atoms. The predicted octanol–water partition coefficient (Wildman–Crippen LogP) is 2.07. The normalized spacial score (nSPS) is 11.2. The number of nitrogens with two attached hydrogens (primary N) is 1. The third-order valence-corrected chi connectivity index (χ3v) is 4.68. The third kappa shape index (κ3) is 2.45. The average molecular weight is 366 g/mol. The maximum Gasteiger partial charge on any atom is 0.261 e. The first-order valence-electron chi connectivity index (χ1n) is 8.24. The van der Waals surface area contributed by atoms with Gasteiger partial charge in [-0.25, -0.2) is 4.68 Å². The van der Waals surface area contributed by atoms with Crippen molar-refractivity contribution in [3.63, 3.8) is 0 Å². The zero-order chi connectivity index (χ0) is 19.3. The molecule has 0 aliphatic heterocycles. The highest BCUT2D eigenvalue weighted by Gasteiger charge is 2.17. The molecule has 2 heterocycles. The van der Waals surface area contributed by atoms with Gasteiger partial charge in [0.25, 0.3) is 5.56 Å². The summed E-state index contributed by atoms with van der Waals surface area (Å²) in [6, 6.07) is 8.51. The van der Waals surface area contributed by atoms with Crippen molar-refractivity contribution >= 4 is 27.6 Å². The Morgan fingerprint density at radius 1 is 1.07 bits per heavy atom. The summed E-state index contributed by atoms with van der Waals surface area (Å²) in [5.74, 6) is 1.11. The number of aryl methyl sites for hydroxylation is 1. The number of rotatable bonds is 3. The maximum absolute atomic E-state index is 12.6. The lowest BCUT2D eigenvalue weighted by atomic mass is 10.1. The van der Waals surface area contributed by atoms with Crippen molar-refractivity contribution in [1.29, 1.82) is 0 Å². The first-order valence-corrected chi connectivity index (χ1v) is 8.24. The molecule has 0 aliphatic rings. The lowest BCUT2D eigenvalue weighted by molar-refractivity contribution is 0.411. The Morgan fingerprint density at radius 3 is 2.56 bits per heavy atom. The van der Waals surface area contributed by atoms with E-state index in [1.165, 1.54) is 13.2 Å². The number of pyridine rings is 1. The molecule has 2 aromatic carbocycles. The van der Waals surface area contributed by atoms with Crippen LogP contribution in [-0.2, 0) is 0 Å². The number of anilines is 1. The van der Waals surface area contributed by atoms with Gasteiger partial charge in [0.2, 0.25) is 5.43 Å². The number of nitrogen functional groups attached to an aromatic ring is 1. The Kier molecular flexibility index (Phi) is 3.69. The van der Waals surface area contributed by atoms with Crippen LogP contribution in [0.3, 0.4) is 0 Å². The summed E-state index contributed by atoms with van der Waals surface area (Å²) in [4.78, 5) is 27.3. The van der Waals surface area contributed by atoms with Gasteiger partial charge in [-0.05, 0) is 24.6 Å². The highest BCUT2D eigenvalue weighted by molar-refractivity contribution is 6.07. The second-order valence-electron chi connectivity index (χ2n) is 6.24. The molecule has 0 saturated carbocycles. The lowest BCUT2D eigenvalue weighted by Crippen LogP contribution is -2.11. The summed E-state index contributed by atoms with van der Waals surface area (Å²) in [5, 5.41) is 4.13. The van der Waals surface area contributed by atoms with Gasteiger partial charge < -0.3 is 20.2 Å². The minimum absolute atomic E-state index is 0.188. The van der Waals surface area contributed by atoms with Gasteiger partial charge in [-0.2, -0.15) is 0 Å². The topological polar surface area (TPSA) is 115 Å². The molecule has 0 fully saturated rings. The molecule has 8 heteroatoms. The van der Waals surface area contributed by atoms with Crippen molar-refractivity contribution in [2.45, 2.75) is 6.92 Å². The van der Waals surface area contributed by atoms with E-state index in [0.29, 0.717) is 27.6 Å². The van der Waals surface area contributed by atoms with Gasteiger partial charge in [0, 0.05) is 17.5 Å². The quantitative estimate of drug-likeness (QED) is 0.513. The molecule has 4 aromatic rings. The number of nitrogens with zero attached hydrogens (tertiary/aromatic N) is 1. The van der Waals surface area contributed by atoms with Crippen LogP contribution in [0.1, 0.15) is 5.56 Å². The van der Waals surface area contributed by atoms with Crippen LogP contribution in [0.2, 0.25) is 0 Å². The SMILES string of the molecule is COc1ccc(C)c(-n2[nH]c3c(c2N)c(=O)[nH]c2cc(=O)c(OC)cc23)c1. The van der Waals surface area contributed by atoms with Crippen LogP contribution in [-0.4, -0.2) is 29.0 Å². The van der Waals surface area contributed by atoms with Crippen molar-refractivity contribution in [3.05, 3.63) is 56.5 Å². The maximum atomic E-state index is 12.6. The largest absolute Gasteiger partial charge is 0.497 e. The molecule has 2 aromatic heterocycles. The van der Waals surface area contributed by atoms with Gasteiger partial charge in [-0.15, -0.1) is 0 Å². The molecule has 0 unspecified atom stereocenters. The fourth-order valence-corrected chi connectivity index (χ4v) is 3.25. The number of fused-ring (bicyclic) bond motifs is 3. The van der Waals surface area contributed by atoms with Gasteiger partial charge in [0.15, 0.2) is 5.75 Å². The standard InChI is InChI=1S/C19H18N4O4/c1-9-4-5-10(26-2)6-13(9)23-18(20)16-17(22-23)11-7-15(27-3)14(24)8-12(11)21-19(16)25/h4-8,22H,20H2,1-3H3,(H,21,25). The number of aromatic amines is 2. The monoisotopic (exact) mass is 366 g/mol. The molecule has 0 saturated heterocycles. The Balaban J connectivity index is 2.12. The van der Waals surface area contributed by atoms with Crippen LogP contribution < -0.4 is 26.2 Å². The Labute approximate surface area is 153 Å². The van der Waals surface area contributed by atoms with Gasteiger partial charge in [0.05, 0.1) is 30.9 Å². The van der Waals surface area contributed by atoms with Crippen LogP contribution in [0, 0.1) is 6.92 Å². The minimum atomic E-state index is -0.380.